The van der Waals surface area contributed by atoms with Gasteiger partial charge in [0.05, 0.1) is 0 Å². The molecule has 0 radical (unpaired) electrons. The molecule has 0 saturated heterocycles. The van der Waals surface area contributed by atoms with Crippen LogP contribution in [0.4, 0.5) is 17.1 Å². The Hall–Kier alpha value is -6.74. The van der Waals surface area contributed by atoms with E-state index in [4.69, 9.17) is 0 Å². The van der Waals surface area contributed by atoms with Crippen molar-refractivity contribution in [3.63, 3.8) is 0 Å². The number of anilines is 3. The maximum absolute atomic E-state index is 2.41. The Labute approximate surface area is 317 Å². The summed E-state index contributed by atoms with van der Waals surface area (Å²) in [6.07, 6.45) is 0. The first-order chi connectivity index (χ1) is 26.7. The summed E-state index contributed by atoms with van der Waals surface area (Å²) in [5, 5.41) is 12.7. The van der Waals surface area contributed by atoms with Gasteiger partial charge >= 0.3 is 0 Å². The number of nitrogens with zero attached hydrogens (tertiary/aromatic N) is 1. The summed E-state index contributed by atoms with van der Waals surface area (Å²) < 4.78 is 2.62. The fourth-order valence-corrected chi connectivity index (χ4v) is 9.42. The first-order valence-corrected chi connectivity index (χ1v) is 19.3. The number of fused-ring (bicyclic) bond motifs is 8. The van der Waals surface area contributed by atoms with E-state index in [9.17, 15) is 0 Å². The summed E-state index contributed by atoms with van der Waals surface area (Å²) in [5.74, 6) is 0. The predicted octanol–water partition coefficient (Wildman–Crippen LogP) is 15.5. The quantitative estimate of drug-likeness (QED) is 0.161. The van der Waals surface area contributed by atoms with E-state index in [1.54, 1.807) is 0 Å². The van der Waals surface area contributed by atoms with Gasteiger partial charge in [-0.15, -0.1) is 11.3 Å². The molecule has 0 amide bonds. The molecule has 11 aromatic rings. The average molecular weight is 704 g/mol. The van der Waals surface area contributed by atoms with Gasteiger partial charge in [0.2, 0.25) is 0 Å². The molecule has 0 aliphatic carbocycles. The maximum Gasteiger partial charge on any atom is 0.0468 e. The van der Waals surface area contributed by atoms with Gasteiger partial charge in [-0.05, 0) is 132 Å². The molecule has 1 aromatic heterocycles. The first kappa shape index (κ1) is 30.8. The van der Waals surface area contributed by atoms with E-state index in [-0.39, 0.29) is 0 Å². The van der Waals surface area contributed by atoms with Crippen LogP contribution in [-0.4, -0.2) is 0 Å². The Bertz CT molecular complexity index is 3210. The van der Waals surface area contributed by atoms with Crippen molar-refractivity contribution in [3.05, 3.63) is 200 Å². The number of rotatable bonds is 5. The lowest BCUT2D eigenvalue weighted by Gasteiger charge is -2.26. The van der Waals surface area contributed by atoms with Crippen LogP contribution in [0.2, 0.25) is 0 Å². The van der Waals surface area contributed by atoms with Crippen molar-refractivity contribution in [3.8, 4) is 22.3 Å². The molecule has 10 aromatic carbocycles. The van der Waals surface area contributed by atoms with Crippen molar-refractivity contribution in [2.75, 3.05) is 4.90 Å². The molecule has 0 aliphatic rings. The Morgan fingerprint density at radius 3 is 1.70 bits per heavy atom. The highest BCUT2D eigenvalue weighted by atomic mass is 32.1. The molecule has 0 unspecified atom stereocenters. The van der Waals surface area contributed by atoms with Gasteiger partial charge in [-0.25, -0.2) is 0 Å². The highest BCUT2D eigenvalue weighted by Gasteiger charge is 2.17. The van der Waals surface area contributed by atoms with E-state index in [0.717, 1.165) is 17.1 Å². The average Bonchev–Trinajstić information content (AvgIpc) is 3.59. The Kier molecular flexibility index (Phi) is 7.11. The molecule has 11 rings (SSSR count). The lowest BCUT2D eigenvalue weighted by atomic mass is 9.92. The van der Waals surface area contributed by atoms with Crippen LogP contribution in [0, 0.1) is 0 Å². The highest BCUT2D eigenvalue weighted by molar-refractivity contribution is 7.25. The lowest BCUT2D eigenvalue weighted by Crippen LogP contribution is -2.09. The molecule has 0 saturated carbocycles. The van der Waals surface area contributed by atoms with Crippen LogP contribution < -0.4 is 4.90 Å². The van der Waals surface area contributed by atoms with Gasteiger partial charge in [-0.2, -0.15) is 0 Å². The van der Waals surface area contributed by atoms with E-state index in [1.807, 2.05) is 11.3 Å². The van der Waals surface area contributed by atoms with Gasteiger partial charge in [-0.1, -0.05) is 133 Å². The minimum Gasteiger partial charge on any atom is -0.310 e. The van der Waals surface area contributed by atoms with Crippen molar-refractivity contribution >= 4 is 91.7 Å². The zero-order chi connectivity index (χ0) is 35.6. The van der Waals surface area contributed by atoms with Crippen LogP contribution >= 0.6 is 11.3 Å². The molecule has 0 bridgehead atoms. The van der Waals surface area contributed by atoms with Crippen LogP contribution in [0.1, 0.15) is 0 Å². The van der Waals surface area contributed by atoms with E-state index in [0.29, 0.717) is 0 Å². The van der Waals surface area contributed by atoms with Gasteiger partial charge in [0, 0.05) is 37.2 Å². The van der Waals surface area contributed by atoms with Crippen molar-refractivity contribution in [1.82, 2.24) is 0 Å². The van der Waals surface area contributed by atoms with Crippen LogP contribution in [-0.2, 0) is 0 Å². The van der Waals surface area contributed by atoms with Gasteiger partial charge < -0.3 is 4.90 Å². The fourth-order valence-electron chi connectivity index (χ4n) is 8.30. The summed E-state index contributed by atoms with van der Waals surface area (Å²) >= 11 is 1.87. The lowest BCUT2D eigenvalue weighted by molar-refractivity contribution is 1.30. The molecule has 0 aliphatic heterocycles. The second-order valence-electron chi connectivity index (χ2n) is 14.2. The van der Waals surface area contributed by atoms with Crippen LogP contribution in [0.5, 0.6) is 0 Å². The van der Waals surface area contributed by atoms with Crippen LogP contribution in [0.25, 0.3) is 85.5 Å². The summed E-state index contributed by atoms with van der Waals surface area (Å²) in [5.41, 5.74) is 8.28. The molecule has 252 valence electrons. The van der Waals surface area contributed by atoms with E-state index in [2.05, 4.69) is 205 Å². The van der Waals surface area contributed by atoms with Crippen molar-refractivity contribution < 1.29 is 0 Å². The smallest absolute Gasteiger partial charge is 0.0468 e. The normalized spacial score (nSPS) is 11.7. The highest BCUT2D eigenvalue weighted by Crippen LogP contribution is 2.43. The van der Waals surface area contributed by atoms with Gasteiger partial charge in [0.1, 0.15) is 0 Å². The largest absolute Gasteiger partial charge is 0.310 e. The molecule has 1 heterocycles. The Morgan fingerprint density at radius 2 is 0.870 bits per heavy atom. The molecule has 1 nitrogen and oxygen atoms in total. The third-order valence-corrected chi connectivity index (χ3v) is 12.1. The second-order valence-corrected chi connectivity index (χ2v) is 15.2. The Balaban J connectivity index is 1.09. The summed E-state index contributed by atoms with van der Waals surface area (Å²) in [6, 6.07) is 73.6. The molecule has 2 heteroatoms. The monoisotopic (exact) mass is 703 g/mol. The molecule has 0 N–H and O–H groups in total. The first-order valence-electron chi connectivity index (χ1n) is 18.5. The van der Waals surface area contributed by atoms with E-state index < -0.39 is 0 Å². The van der Waals surface area contributed by atoms with Crippen LogP contribution in [0.15, 0.2) is 200 Å². The summed E-state index contributed by atoms with van der Waals surface area (Å²) in [7, 11) is 0. The SMILES string of the molecule is c1ccc(-c2ccc(N(c3ccc4ccc(-c5cc6ccccc6c6ccccc56)cc4c3)c3ccc4sc5cc6ccccc6cc5c4c3)cc2)cc1. The topological polar surface area (TPSA) is 3.24 Å². The number of thiophene rings is 1. The number of hydrogen-bond donors (Lipinski definition) is 0. The summed E-state index contributed by atoms with van der Waals surface area (Å²) in [4.78, 5) is 2.41. The molecular weight excluding hydrogens is 671 g/mol. The van der Waals surface area contributed by atoms with Crippen molar-refractivity contribution in [2.45, 2.75) is 0 Å². The molecule has 54 heavy (non-hydrogen) atoms. The third-order valence-electron chi connectivity index (χ3n) is 11.0. The van der Waals surface area contributed by atoms with E-state index in [1.165, 1.54) is 85.5 Å². The minimum absolute atomic E-state index is 1.12. The third kappa shape index (κ3) is 5.15. The van der Waals surface area contributed by atoms with Gasteiger partial charge in [0.15, 0.2) is 0 Å². The molecule has 0 atom stereocenters. The standard InChI is InChI=1S/C52H33NS/c1-2-10-34(11-3-1)35-20-23-42(24-21-35)53(44-26-27-51-50(33-44)49-30-37-12-4-5-13-38(37)32-52(49)54-51)43-25-22-36-18-19-40(28-41(36)29-43)48-31-39-14-6-7-15-45(39)46-16-8-9-17-47(46)48/h1-33H. The summed E-state index contributed by atoms with van der Waals surface area (Å²) in [6.45, 7) is 0. The van der Waals surface area contributed by atoms with Gasteiger partial charge in [-0.3, -0.25) is 0 Å². The fraction of sp³-hybridized carbons (Fsp3) is 0. The van der Waals surface area contributed by atoms with Crippen molar-refractivity contribution in [1.29, 1.82) is 0 Å². The van der Waals surface area contributed by atoms with Gasteiger partial charge in [0.25, 0.3) is 0 Å². The predicted molar refractivity (Wildman–Crippen MR) is 235 cm³/mol. The van der Waals surface area contributed by atoms with Crippen molar-refractivity contribution in [2.24, 2.45) is 0 Å². The minimum atomic E-state index is 1.12. The zero-order valence-corrected chi connectivity index (χ0v) is 30.2. The molecule has 0 fully saturated rings. The Morgan fingerprint density at radius 1 is 0.278 bits per heavy atom. The second kappa shape index (κ2) is 12.4. The number of hydrogen-bond acceptors (Lipinski definition) is 2. The zero-order valence-electron chi connectivity index (χ0n) is 29.4. The van der Waals surface area contributed by atoms with Crippen LogP contribution in [0.3, 0.4) is 0 Å². The maximum atomic E-state index is 2.41. The van der Waals surface area contributed by atoms with E-state index >= 15 is 0 Å². The number of benzene rings is 10. The molecule has 0 spiro atoms. The molecular formula is C52H33NS.